The number of carboxylic acid groups (broad SMARTS) is 1. The predicted octanol–water partition coefficient (Wildman–Crippen LogP) is 3.72. The molecule has 1 aromatic heterocycles. The van der Waals surface area contributed by atoms with Crippen molar-refractivity contribution in [3.63, 3.8) is 0 Å². The van der Waals surface area contributed by atoms with E-state index < -0.39 is 22.0 Å². The number of hydrogen-bond acceptors (Lipinski definition) is 4. The lowest BCUT2D eigenvalue weighted by Gasteiger charge is -2.22. The second-order valence-electron chi connectivity index (χ2n) is 8.67. The van der Waals surface area contributed by atoms with E-state index in [0.717, 1.165) is 22.3 Å². The van der Waals surface area contributed by atoms with Gasteiger partial charge in [0.15, 0.2) is 0 Å². The molecule has 0 aliphatic carbocycles. The van der Waals surface area contributed by atoms with Crippen LogP contribution in [-0.2, 0) is 27.7 Å². The molecule has 0 spiro atoms. The molecule has 0 radical (unpaired) electrons. The van der Waals surface area contributed by atoms with Gasteiger partial charge in [0.25, 0.3) is 0 Å². The number of carbonyl (C=O) groups is 1. The molecule has 0 saturated carbocycles. The highest BCUT2D eigenvalue weighted by Gasteiger charge is 2.24. The van der Waals surface area contributed by atoms with Crippen LogP contribution in [0.4, 0.5) is 0 Å². The van der Waals surface area contributed by atoms with Crippen molar-refractivity contribution in [2.45, 2.75) is 53.0 Å². The number of benzene rings is 1. The molecule has 6 nitrogen and oxygen atoms in total. The summed E-state index contributed by atoms with van der Waals surface area (Å²) >= 11 is 0. The van der Waals surface area contributed by atoms with Crippen molar-refractivity contribution >= 4 is 16.0 Å². The van der Waals surface area contributed by atoms with Crippen LogP contribution in [0.1, 0.15) is 62.4 Å². The van der Waals surface area contributed by atoms with Gasteiger partial charge < -0.3 is 5.11 Å². The van der Waals surface area contributed by atoms with Gasteiger partial charge in [-0.1, -0.05) is 45.0 Å². The van der Waals surface area contributed by atoms with E-state index in [1.807, 2.05) is 58.0 Å². The molecule has 2 N–H and O–H groups in total. The fourth-order valence-electron chi connectivity index (χ4n) is 3.23. The summed E-state index contributed by atoms with van der Waals surface area (Å²) in [5, 5.41) is 9.02. The third-order valence-electron chi connectivity index (χ3n) is 4.31. The van der Waals surface area contributed by atoms with Gasteiger partial charge in [-0.15, -0.1) is 0 Å². The second kappa shape index (κ2) is 9.50. The lowest BCUT2D eigenvalue weighted by Crippen LogP contribution is -2.34. The van der Waals surface area contributed by atoms with Crippen molar-refractivity contribution in [1.29, 1.82) is 0 Å². The van der Waals surface area contributed by atoms with E-state index >= 15 is 0 Å². The van der Waals surface area contributed by atoms with Crippen molar-refractivity contribution < 1.29 is 18.3 Å². The number of nitrogens with zero attached hydrogens (tertiary/aromatic N) is 1. The molecule has 1 unspecified atom stereocenters. The smallest absolute Gasteiger partial charge is 0.303 e. The van der Waals surface area contributed by atoms with Crippen LogP contribution in [0.2, 0.25) is 0 Å². The molecular weight excluding hydrogens is 388 g/mol. The Morgan fingerprint density at radius 2 is 1.86 bits per heavy atom. The summed E-state index contributed by atoms with van der Waals surface area (Å²) in [6, 6.07) is 9.27. The number of nitrogens with one attached hydrogen (secondary N) is 1. The number of aromatic nitrogens is 1. The second-order valence-corrected chi connectivity index (χ2v) is 10.4. The molecule has 2 aromatic rings. The molecule has 2 rings (SSSR count). The Morgan fingerprint density at radius 3 is 2.45 bits per heavy atom. The molecule has 0 saturated heterocycles. The average Bonchev–Trinajstić information content (AvgIpc) is 2.58. The van der Waals surface area contributed by atoms with Crippen LogP contribution in [0.3, 0.4) is 0 Å². The summed E-state index contributed by atoms with van der Waals surface area (Å²) in [7, 11) is -3.45. The van der Waals surface area contributed by atoms with E-state index in [9.17, 15) is 13.2 Å². The van der Waals surface area contributed by atoms with Gasteiger partial charge in [0.1, 0.15) is 0 Å². The van der Waals surface area contributed by atoms with Gasteiger partial charge in [0.05, 0.1) is 5.75 Å². The summed E-state index contributed by atoms with van der Waals surface area (Å²) in [4.78, 5) is 15.1. The largest absolute Gasteiger partial charge is 0.481 e. The standard InChI is InChI=1S/C22H30N2O4S/c1-16(24-29(27,28)15-22(2,3)4)20-12-17(7-8-21(25)26)10-19(13-20)11-18-6-5-9-23-14-18/h5-6,9-10,12-14,16,24H,7-8,11,15H2,1-4H3,(H,25,26). The van der Waals surface area contributed by atoms with Crippen LogP contribution in [0.5, 0.6) is 0 Å². The molecular formula is C22H30N2O4S. The summed E-state index contributed by atoms with van der Waals surface area (Å²) in [6.45, 7) is 7.46. The first-order valence-electron chi connectivity index (χ1n) is 9.67. The van der Waals surface area contributed by atoms with Crippen molar-refractivity contribution in [3.05, 3.63) is 65.0 Å². The molecule has 0 aliphatic heterocycles. The van der Waals surface area contributed by atoms with Crippen LogP contribution in [0.15, 0.2) is 42.7 Å². The summed E-state index contributed by atoms with van der Waals surface area (Å²) in [6.07, 6.45) is 4.57. The molecule has 1 aromatic carbocycles. The monoisotopic (exact) mass is 418 g/mol. The van der Waals surface area contributed by atoms with Gasteiger partial charge in [-0.3, -0.25) is 9.78 Å². The predicted molar refractivity (Wildman–Crippen MR) is 114 cm³/mol. The highest BCUT2D eigenvalue weighted by molar-refractivity contribution is 7.89. The minimum atomic E-state index is -3.45. The third kappa shape index (κ3) is 8.33. The normalized spacial score (nSPS) is 13.2. The van der Waals surface area contributed by atoms with E-state index in [-0.39, 0.29) is 17.6 Å². The highest BCUT2D eigenvalue weighted by atomic mass is 32.2. The lowest BCUT2D eigenvalue weighted by molar-refractivity contribution is -0.136. The molecule has 7 heteroatoms. The average molecular weight is 419 g/mol. The van der Waals surface area contributed by atoms with E-state index in [0.29, 0.717) is 12.8 Å². The van der Waals surface area contributed by atoms with E-state index in [2.05, 4.69) is 9.71 Å². The quantitative estimate of drug-likeness (QED) is 0.647. The van der Waals surface area contributed by atoms with Crippen molar-refractivity contribution in [2.24, 2.45) is 5.41 Å². The first kappa shape index (κ1) is 23.0. The van der Waals surface area contributed by atoms with E-state index in [1.54, 1.807) is 12.4 Å². The molecule has 0 bridgehead atoms. The molecule has 0 aliphatic rings. The van der Waals surface area contributed by atoms with Gasteiger partial charge in [0, 0.05) is 24.9 Å². The number of rotatable bonds is 9. The summed E-state index contributed by atoms with van der Waals surface area (Å²) < 4.78 is 27.8. The van der Waals surface area contributed by atoms with Crippen LogP contribution in [0.25, 0.3) is 0 Å². The third-order valence-corrected chi connectivity index (χ3v) is 6.27. The molecule has 29 heavy (non-hydrogen) atoms. The number of carboxylic acids is 1. The van der Waals surface area contributed by atoms with Crippen molar-refractivity contribution in [3.8, 4) is 0 Å². The first-order valence-corrected chi connectivity index (χ1v) is 11.3. The maximum Gasteiger partial charge on any atom is 0.303 e. The maximum atomic E-state index is 12.5. The number of aryl methyl sites for hydroxylation is 1. The molecule has 1 heterocycles. The fourth-order valence-corrected chi connectivity index (χ4v) is 5.12. The Morgan fingerprint density at radius 1 is 1.17 bits per heavy atom. The Hall–Kier alpha value is -2.25. The lowest BCUT2D eigenvalue weighted by atomic mass is 9.96. The number of hydrogen-bond donors (Lipinski definition) is 2. The minimum absolute atomic E-state index is 0.0277. The van der Waals surface area contributed by atoms with Crippen LogP contribution in [0, 0.1) is 5.41 Å². The van der Waals surface area contributed by atoms with E-state index in [4.69, 9.17) is 5.11 Å². The number of pyridine rings is 1. The van der Waals surface area contributed by atoms with Crippen LogP contribution < -0.4 is 4.72 Å². The Labute approximate surface area is 173 Å². The number of aliphatic carboxylic acids is 1. The molecule has 0 fully saturated rings. The van der Waals surface area contributed by atoms with Gasteiger partial charge in [0.2, 0.25) is 10.0 Å². The van der Waals surface area contributed by atoms with Gasteiger partial charge >= 0.3 is 5.97 Å². The fraction of sp³-hybridized carbons (Fsp3) is 0.455. The summed E-state index contributed by atoms with van der Waals surface area (Å²) in [5.41, 5.74) is 3.39. The zero-order valence-electron chi connectivity index (χ0n) is 17.5. The minimum Gasteiger partial charge on any atom is -0.481 e. The van der Waals surface area contributed by atoms with Crippen molar-refractivity contribution in [1.82, 2.24) is 9.71 Å². The maximum absolute atomic E-state index is 12.5. The Kier molecular flexibility index (Phi) is 7.54. The topological polar surface area (TPSA) is 96.4 Å². The Bertz CT molecular complexity index is 935. The van der Waals surface area contributed by atoms with E-state index in [1.165, 1.54) is 0 Å². The van der Waals surface area contributed by atoms with Crippen molar-refractivity contribution in [2.75, 3.05) is 5.75 Å². The molecule has 0 amide bonds. The first-order chi connectivity index (χ1) is 13.4. The molecule has 158 valence electrons. The van der Waals surface area contributed by atoms with Gasteiger partial charge in [-0.25, -0.2) is 13.1 Å². The van der Waals surface area contributed by atoms with Gasteiger partial charge in [-0.2, -0.15) is 0 Å². The SMILES string of the molecule is CC(NS(=O)(=O)CC(C)(C)C)c1cc(CCC(=O)O)cc(Cc2cccnc2)c1. The van der Waals surface area contributed by atoms with Crippen LogP contribution >= 0.6 is 0 Å². The zero-order valence-corrected chi connectivity index (χ0v) is 18.3. The highest BCUT2D eigenvalue weighted by Crippen LogP contribution is 2.23. The van der Waals surface area contributed by atoms with Crippen LogP contribution in [-0.4, -0.2) is 30.2 Å². The molecule has 1 atom stereocenters. The zero-order chi connectivity index (χ0) is 21.7. The number of sulfonamides is 1. The summed E-state index contributed by atoms with van der Waals surface area (Å²) in [5.74, 6) is -0.825. The Balaban J connectivity index is 2.29. The van der Waals surface area contributed by atoms with Gasteiger partial charge in [-0.05, 0) is 53.5 Å².